The lowest BCUT2D eigenvalue weighted by atomic mass is 10.0. The number of carbonyl (C=O) groups is 1. The van der Waals surface area contributed by atoms with Crippen molar-refractivity contribution >= 4 is 5.97 Å². The van der Waals surface area contributed by atoms with Gasteiger partial charge in [0, 0.05) is 6.04 Å². The summed E-state index contributed by atoms with van der Waals surface area (Å²) in [5.41, 5.74) is 0. The van der Waals surface area contributed by atoms with Crippen LogP contribution >= 0.6 is 0 Å². The van der Waals surface area contributed by atoms with Gasteiger partial charge in [-0.3, -0.25) is 4.79 Å². The Bertz CT molecular complexity index is 314. The molecule has 0 aliphatic heterocycles. The second-order valence-electron chi connectivity index (χ2n) is 6.27. The van der Waals surface area contributed by atoms with Crippen molar-refractivity contribution < 1.29 is 9.53 Å². The van der Waals surface area contributed by atoms with Crippen LogP contribution in [-0.2, 0) is 9.53 Å². The molecular weight excluding hydrogens is 226 g/mol. The molecule has 0 aromatic heterocycles. The molecule has 0 heterocycles. The summed E-state index contributed by atoms with van der Waals surface area (Å²) in [5.74, 6) is 3.65. The predicted octanol–water partition coefficient (Wildman–Crippen LogP) is 2.35. The van der Waals surface area contributed by atoms with Gasteiger partial charge in [0.2, 0.25) is 0 Å². The van der Waals surface area contributed by atoms with Gasteiger partial charge in [0.05, 0.1) is 6.61 Å². The van der Waals surface area contributed by atoms with Crippen LogP contribution in [0, 0.1) is 23.7 Å². The van der Waals surface area contributed by atoms with Gasteiger partial charge in [0.1, 0.15) is 6.04 Å². The molecule has 5 unspecified atom stereocenters. The van der Waals surface area contributed by atoms with E-state index in [0.717, 1.165) is 36.5 Å². The normalized spacial score (nSPS) is 41.6. The first-order valence-electron chi connectivity index (χ1n) is 7.69. The molecule has 3 fully saturated rings. The number of carbonyl (C=O) groups excluding carboxylic acids is 1. The molecule has 0 radical (unpaired) electrons. The van der Waals surface area contributed by atoms with Gasteiger partial charge >= 0.3 is 5.97 Å². The molecule has 0 aromatic rings. The van der Waals surface area contributed by atoms with Crippen LogP contribution in [-0.4, -0.2) is 24.7 Å². The summed E-state index contributed by atoms with van der Waals surface area (Å²) in [4.78, 5) is 11.9. The van der Waals surface area contributed by atoms with Crippen LogP contribution in [0.4, 0.5) is 0 Å². The third-order valence-electron chi connectivity index (χ3n) is 5.28. The smallest absolute Gasteiger partial charge is 0.323 e. The van der Waals surface area contributed by atoms with Crippen molar-refractivity contribution in [2.24, 2.45) is 23.7 Å². The first-order chi connectivity index (χ1) is 8.76. The average molecular weight is 251 g/mol. The highest BCUT2D eigenvalue weighted by Crippen LogP contribution is 2.65. The number of fused-ring (bicyclic) bond motifs is 5. The number of ether oxygens (including phenoxy) is 1. The maximum Gasteiger partial charge on any atom is 0.323 e. The fourth-order valence-corrected chi connectivity index (χ4v) is 4.58. The molecule has 102 valence electrons. The summed E-state index contributed by atoms with van der Waals surface area (Å²) in [6, 6.07) is 0.558. The van der Waals surface area contributed by atoms with Gasteiger partial charge in [-0.2, -0.15) is 0 Å². The molecule has 0 saturated heterocycles. The molecule has 0 aromatic carbocycles. The Morgan fingerprint density at radius 1 is 1.28 bits per heavy atom. The van der Waals surface area contributed by atoms with Gasteiger partial charge in [0.25, 0.3) is 0 Å². The van der Waals surface area contributed by atoms with Gasteiger partial charge in [-0.15, -0.1) is 0 Å². The second kappa shape index (κ2) is 4.84. The SMILES string of the molecule is CCCC(NC1C2C3CCC(C3)C12)C(=O)OCC. The van der Waals surface area contributed by atoms with Crippen LogP contribution in [0.1, 0.15) is 46.0 Å². The summed E-state index contributed by atoms with van der Waals surface area (Å²) in [6.07, 6.45) is 6.27. The lowest BCUT2D eigenvalue weighted by Crippen LogP contribution is -2.41. The third kappa shape index (κ3) is 1.97. The zero-order valence-electron chi connectivity index (χ0n) is 11.5. The summed E-state index contributed by atoms with van der Waals surface area (Å²) in [7, 11) is 0. The van der Waals surface area contributed by atoms with Gasteiger partial charge in [-0.1, -0.05) is 13.3 Å². The first-order valence-corrected chi connectivity index (χ1v) is 7.69. The Morgan fingerprint density at radius 2 is 1.94 bits per heavy atom. The lowest BCUT2D eigenvalue weighted by Gasteiger charge is -2.19. The molecule has 3 aliphatic carbocycles. The van der Waals surface area contributed by atoms with Crippen LogP contribution in [0.2, 0.25) is 0 Å². The molecule has 3 aliphatic rings. The summed E-state index contributed by atoms with van der Waals surface area (Å²) in [5, 5.41) is 3.60. The van der Waals surface area contributed by atoms with Crippen LogP contribution in [0.5, 0.6) is 0 Å². The highest BCUT2D eigenvalue weighted by atomic mass is 16.5. The molecular formula is C15H25NO2. The van der Waals surface area contributed by atoms with E-state index in [1.54, 1.807) is 0 Å². The number of hydrogen-bond acceptors (Lipinski definition) is 3. The highest BCUT2D eigenvalue weighted by Gasteiger charge is 2.65. The quantitative estimate of drug-likeness (QED) is 0.736. The van der Waals surface area contributed by atoms with Crippen molar-refractivity contribution in [1.82, 2.24) is 5.32 Å². The summed E-state index contributed by atoms with van der Waals surface area (Å²) >= 11 is 0. The van der Waals surface area contributed by atoms with Crippen LogP contribution in [0.15, 0.2) is 0 Å². The minimum Gasteiger partial charge on any atom is -0.465 e. The molecule has 0 amide bonds. The van der Waals surface area contributed by atoms with Crippen LogP contribution in [0.25, 0.3) is 0 Å². The summed E-state index contributed by atoms with van der Waals surface area (Å²) in [6.45, 7) is 4.50. The Hall–Kier alpha value is -0.570. The van der Waals surface area contributed by atoms with Crippen LogP contribution in [0.3, 0.4) is 0 Å². The van der Waals surface area contributed by atoms with E-state index in [1.807, 2.05) is 6.92 Å². The minimum atomic E-state index is -0.0649. The van der Waals surface area contributed by atoms with E-state index >= 15 is 0 Å². The van der Waals surface area contributed by atoms with Crippen LogP contribution < -0.4 is 5.32 Å². The topological polar surface area (TPSA) is 38.3 Å². The Labute approximate surface area is 110 Å². The monoisotopic (exact) mass is 251 g/mol. The molecule has 3 nitrogen and oxygen atoms in total. The largest absolute Gasteiger partial charge is 0.465 e. The van der Waals surface area contributed by atoms with E-state index < -0.39 is 0 Å². The zero-order valence-corrected chi connectivity index (χ0v) is 11.5. The van der Waals surface area contributed by atoms with Crippen molar-refractivity contribution in [3.05, 3.63) is 0 Å². The maximum atomic E-state index is 11.9. The number of rotatable bonds is 6. The van der Waals surface area contributed by atoms with Crippen molar-refractivity contribution in [2.45, 2.75) is 58.0 Å². The maximum absolute atomic E-state index is 11.9. The van der Waals surface area contributed by atoms with Crippen molar-refractivity contribution in [3.63, 3.8) is 0 Å². The highest BCUT2D eigenvalue weighted by molar-refractivity contribution is 5.75. The standard InChI is InChI=1S/C15H25NO2/c1-3-5-11(15(17)18-4-2)16-14-12-9-6-7-10(8-9)13(12)14/h9-14,16H,3-8H2,1-2H3. The zero-order chi connectivity index (χ0) is 12.7. The number of hydrogen-bond donors (Lipinski definition) is 1. The number of esters is 1. The summed E-state index contributed by atoms with van der Waals surface area (Å²) < 4.78 is 5.18. The molecule has 3 saturated carbocycles. The van der Waals surface area contributed by atoms with E-state index in [0.29, 0.717) is 12.6 Å². The Balaban J connectivity index is 1.56. The second-order valence-corrected chi connectivity index (χ2v) is 6.27. The van der Waals surface area contributed by atoms with E-state index in [4.69, 9.17) is 4.74 Å². The molecule has 2 bridgehead atoms. The van der Waals surface area contributed by atoms with E-state index in [-0.39, 0.29) is 12.0 Å². The lowest BCUT2D eigenvalue weighted by molar-refractivity contribution is -0.146. The molecule has 0 spiro atoms. The predicted molar refractivity (Wildman–Crippen MR) is 70.1 cm³/mol. The third-order valence-corrected chi connectivity index (χ3v) is 5.28. The molecule has 3 heteroatoms. The molecule has 18 heavy (non-hydrogen) atoms. The van der Waals surface area contributed by atoms with Crippen molar-refractivity contribution in [2.75, 3.05) is 6.61 Å². The van der Waals surface area contributed by atoms with Crippen molar-refractivity contribution in [1.29, 1.82) is 0 Å². The fraction of sp³-hybridized carbons (Fsp3) is 0.933. The van der Waals surface area contributed by atoms with E-state index in [9.17, 15) is 4.79 Å². The molecule has 3 rings (SSSR count). The van der Waals surface area contributed by atoms with Gasteiger partial charge in [-0.05, 0) is 56.3 Å². The van der Waals surface area contributed by atoms with Gasteiger partial charge < -0.3 is 10.1 Å². The molecule has 1 N–H and O–H groups in total. The Morgan fingerprint density at radius 3 is 2.50 bits per heavy atom. The first kappa shape index (κ1) is 12.5. The molecule has 5 atom stereocenters. The minimum absolute atomic E-state index is 0.0447. The van der Waals surface area contributed by atoms with E-state index in [2.05, 4.69) is 12.2 Å². The fourth-order valence-electron chi connectivity index (χ4n) is 4.58. The average Bonchev–Trinajstić information content (AvgIpc) is 2.75. The van der Waals surface area contributed by atoms with Gasteiger partial charge in [-0.25, -0.2) is 0 Å². The van der Waals surface area contributed by atoms with Gasteiger partial charge in [0.15, 0.2) is 0 Å². The number of nitrogens with one attached hydrogen (secondary N) is 1. The van der Waals surface area contributed by atoms with Crippen molar-refractivity contribution in [3.8, 4) is 0 Å². The Kier molecular flexibility index (Phi) is 3.35. The van der Waals surface area contributed by atoms with E-state index in [1.165, 1.54) is 19.3 Å².